The van der Waals surface area contributed by atoms with Crippen LogP contribution in [0.1, 0.15) is 71.1 Å². The lowest BCUT2D eigenvalue weighted by molar-refractivity contribution is -0.138. The number of hydrogen-bond donors (Lipinski definition) is 1. The number of aliphatic hydroxyl groups is 1. The van der Waals surface area contributed by atoms with Crippen LogP contribution in [0.4, 0.5) is 0 Å². The third-order valence-corrected chi connectivity index (χ3v) is 6.26. The molecule has 1 N–H and O–H groups in total. The molecule has 0 bridgehead atoms. The van der Waals surface area contributed by atoms with Crippen molar-refractivity contribution in [3.05, 3.63) is 0 Å². The van der Waals surface area contributed by atoms with Crippen molar-refractivity contribution in [3.63, 3.8) is 0 Å². The minimum Gasteiger partial charge on any atom is -0.390 e. The van der Waals surface area contributed by atoms with E-state index in [1.807, 2.05) is 6.92 Å². The Morgan fingerprint density at radius 2 is 1.76 bits per heavy atom. The van der Waals surface area contributed by atoms with E-state index in [0.717, 1.165) is 57.0 Å². The lowest BCUT2D eigenvalue weighted by atomic mass is 9.67. The first-order chi connectivity index (χ1) is 10.1. The Morgan fingerprint density at radius 3 is 2.57 bits per heavy atom. The van der Waals surface area contributed by atoms with Crippen molar-refractivity contribution in [2.75, 3.05) is 13.1 Å². The maximum atomic E-state index is 12.8. The Morgan fingerprint density at radius 1 is 1.00 bits per heavy atom. The maximum Gasteiger partial charge on any atom is 0.225 e. The molecule has 1 heterocycles. The first-order valence-electron chi connectivity index (χ1n) is 9.06. The number of carbonyl (C=O) groups is 1. The second kappa shape index (κ2) is 6.28. The van der Waals surface area contributed by atoms with Gasteiger partial charge < -0.3 is 10.0 Å². The summed E-state index contributed by atoms with van der Waals surface area (Å²) < 4.78 is 0. The van der Waals surface area contributed by atoms with Crippen LogP contribution >= 0.6 is 0 Å². The molecular weight excluding hydrogens is 262 g/mol. The van der Waals surface area contributed by atoms with Crippen molar-refractivity contribution >= 4 is 5.91 Å². The molecule has 1 amide bonds. The van der Waals surface area contributed by atoms with Gasteiger partial charge in [0.05, 0.1) is 5.60 Å². The van der Waals surface area contributed by atoms with Crippen molar-refractivity contribution in [2.45, 2.75) is 76.7 Å². The van der Waals surface area contributed by atoms with Gasteiger partial charge in [-0.05, 0) is 57.3 Å². The summed E-state index contributed by atoms with van der Waals surface area (Å²) >= 11 is 0. The molecule has 120 valence electrons. The Labute approximate surface area is 129 Å². The second-order valence-electron chi connectivity index (χ2n) is 7.99. The van der Waals surface area contributed by atoms with Gasteiger partial charge in [0.15, 0.2) is 0 Å². The predicted molar refractivity (Wildman–Crippen MR) is 83.8 cm³/mol. The molecule has 2 aliphatic carbocycles. The van der Waals surface area contributed by atoms with Crippen LogP contribution in [-0.4, -0.2) is 34.6 Å². The van der Waals surface area contributed by atoms with E-state index in [0.29, 0.717) is 5.91 Å². The maximum absolute atomic E-state index is 12.8. The van der Waals surface area contributed by atoms with Crippen LogP contribution in [0.15, 0.2) is 0 Å². The molecule has 4 atom stereocenters. The van der Waals surface area contributed by atoms with Crippen molar-refractivity contribution in [3.8, 4) is 0 Å². The highest BCUT2D eigenvalue weighted by molar-refractivity contribution is 5.79. The molecule has 3 heteroatoms. The fraction of sp³-hybridized carbons (Fsp3) is 0.944. The molecule has 3 rings (SSSR count). The number of rotatable bonds is 1. The Balaban J connectivity index is 1.57. The lowest BCUT2D eigenvalue weighted by Crippen LogP contribution is -2.41. The number of amides is 1. The van der Waals surface area contributed by atoms with Gasteiger partial charge in [0.1, 0.15) is 0 Å². The van der Waals surface area contributed by atoms with Gasteiger partial charge >= 0.3 is 0 Å². The monoisotopic (exact) mass is 293 g/mol. The van der Waals surface area contributed by atoms with Crippen molar-refractivity contribution < 1.29 is 9.90 Å². The summed E-state index contributed by atoms with van der Waals surface area (Å²) in [6.45, 7) is 3.50. The van der Waals surface area contributed by atoms with Crippen LogP contribution in [0.5, 0.6) is 0 Å². The summed E-state index contributed by atoms with van der Waals surface area (Å²) in [7, 11) is 0. The van der Waals surface area contributed by atoms with E-state index >= 15 is 0 Å². The van der Waals surface area contributed by atoms with Gasteiger partial charge in [0, 0.05) is 19.0 Å². The van der Waals surface area contributed by atoms with Crippen molar-refractivity contribution in [2.24, 2.45) is 17.8 Å². The Bertz CT molecular complexity index is 379. The molecule has 0 radical (unpaired) electrons. The zero-order valence-corrected chi connectivity index (χ0v) is 13.5. The first-order valence-corrected chi connectivity index (χ1v) is 9.06. The van der Waals surface area contributed by atoms with Gasteiger partial charge in [0.25, 0.3) is 0 Å². The fourth-order valence-corrected chi connectivity index (χ4v) is 4.84. The number of hydrogen-bond acceptors (Lipinski definition) is 2. The lowest BCUT2D eigenvalue weighted by Gasteiger charge is -2.40. The quantitative estimate of drug-likeness (QED) is 0.805. The predicted octanol–water partition coefficient (Wildman–Crippen LogP) is 3.36. The zero-order chi connectivity index (χ0) is 14.9. The highest BCUT2D eigenvalue weighted by Gasteiger charge is 2.37. The van der Waals surface area contributed by atoms with Gasteiger partial charge in [-0.2, -0.15) is 0 Å². The van der Waals surface area contributed by atoms with Crippen LogP contribution in [0.2, 0.25) is 0 Å². The zero-order valence-electron chi connectivity index (χ0n) is 13.5. The molecule has 4 unspecified atom stereocenters. The first kappa shape index (κ1) is 15.3. The van der Waals surface area contributed by atoms with E-state index in [1.165, 1.54) is 32.1 Å². The molecule has 1 saturated heterocycles. The third kappa shape index (κ3) is 3.61. The topological polar surface area (TPSA) is 40.5 Å². The van der Waals surface area contributed by atoms with Gasteiger partial charge in [-0.1, -0.05) is 25.7 Å². The summed E-state index contributed by atoms with van der Waals surface area (Å²) in [5.74, 6) is 2.38. The summed E-state index contributed by atoms with van der Waals surface area (Å²) in [6, 6.07) is 0. The van der Waals surface area contributed by atoms with Crippen LogP contribution in [-0.2, 0) is 4.79 Å². The summed E-state index contributed by atoms with van der Waals surface area (Å²) in [6.07, 6.45) is 11.5. The third-order valence-electron chi connectivity index (χ3n) is 6.26. The van der Waals surface area contributed by atoms with Gasteiger partial charge in [-0.3, -0.25) is 4.79 Å². The average molecular weight is 293 g/mol. The molecule has 3 fully saturated rings. The number of carbonyl (C=O) groups excluding carboxylic acids is 1. The van der Waals surface area contributed by atoms with E-state index in [1.54, 1.807) is 0 Å². The van der Waals surface area contributed by atoms with Gasteiger partial charge in [-0.25, -0.2) is 0 Å². The Hall–Kier alpha value is -0.570. The van der Waals surface area contributed by atoms with E-state index < -0.39 is 5.60 Å². The van der Waals surface area contributed by atoms with E-state index in [9.17, 15) is 9.90 Å². The molecule has 0 spiro atoms. The molecule has 0 aromatic rings. The minimum atomic E-state index is -0.573. The van der Waals surface area contributed by atoms with Crippen molar-refractivity contribution in [1.29, 1.82) is 0 Å². The molecule has 0 aromatic carbocycles. The average Bonchev–Trinajstić information content (AvgIpc) is 2.67. The number of likely N-dealkylation sites (tertiary alicyclic amines) is 1. The molecule has 0 aromatic heterocycles. The normalized spacial score (nSPS) is 41.2. The van der Waals surface area contributed by atoms with Crippen LogP contribution in [0.25, 0.3) is 0 Å². The minimum absolute atomic E-state index is 0.271. The Kier molecular flexibility index (Phi) is 4.58. The van der Waals surface area contributed by atoms with Gasteiger partial charge in [0.2, 0.25) is 5.91 Å². The highest BCUT2D eigenvalue weighted by Crippen LogP contribution is 2.43. The molecule has 1 aliphatic heterocycles. The van der Waals surface area contributed by atoms with E-state index in [-0.39, 0.29) is 5.92 Å². The molecular formula is C18H31NO2. The SMILES string of the molecule is CC1(O)CCCN(C(=O)C2CCC3CCCCC3C2)CC1. The van der Waals surface area contributed by atoms with E-state index in [2.05, 4.69) is 4.90 Å². The number of nitrogens with zero attached hydrogens (tertiary/aromatic N) is 1. The van der Waals surface area contributed by atoms with Crippen LogP contribution in [0, 0.1) is 17.8 Å². The molecule has 3 aliphatic rings. The molecule has 21 heavy (non-hydrogen) atoms. The summed E-state index contributed by atoms with van der Waals surface area (Å²) in [4.78, 5) is 14.9. The fourth-order valence-electron chi connectivity index (χ4n) is 4.84. The summed E-state index contributed by atoms with van der Waals surface area (Å²) in [5, 5.41) is 10.2. The number of fused-ring (bicyclic) bond motifs is 1. The second-order valence-corrected chi connectivity index (χ2v) is 7.99. The van der Waals surface area contributed by atoms with Gasteiger partial charge in [-0.15, -0.1) is 0 Å². The van der Waals surface area contributed by atoms with E-state index in [4.69, 9.17) is 0 Å². The van der Waals surface area contributed by atoms with Crippen LogP contribution in [0.3, 0.4) is 0 Å². The largest absolute Gasteiger partial charge is 0.390 e. The summed E-state index contributed by atoms with van der Waals surface area (Å²) in [5.41, 5.74) is -0.573. The van der Waals surface area contributed by atoms with Crippen LogP contribution < -0.4 is 0 Å². The molecule has 2 saturated carbocycles. The molecule has 3 nitrogen and oxygen atoms in total. The smallest absolute Gasteiger partial charge is 0.225 e. The highest BCUT2D eigenvalue weighted by atomic mass is 16.3. The standard InChI is InChI=1S/C18H31NO2/c1-18(21)9-4-11-19(12-10-18)17(20)16-8-7-14-5-2-3-6-15(14)13-16/h14-16,21H,2-13H2,1H3. The van der Waals surface area contributed by atoms with Crippen molar-refractivity contribution in [1.82, 2.24) is 4.90 Å².